The van der Waals surface area contributed by atoms with E-state index in [1.807, 2.05) is 0 Å². The minimum absolute atomic E-state index is 0.114. The highest BCUT2D eigenvalue weighted by Crippen LogP contribution is 2.17. The van der Waals surface area contributed by atoms with E-state index in [-0.39, 0.29) is 18.5 Å². The van der Waals surface area contributed by atoms with Gasteiger partial charge in [-0.15, -0.1) is 16.4 Å². The third-order valence-corrected chi connectivity index (χ3v) is 3.62. The number of aliphatic hydroxyl groups excluding tert-OH is 1. The lowest BCUT2D eigenvalue weighted by Crippen LogP contribution is -2.12. The average molecular weight is 280 g/mol. The number of anilines is 1. The summed E-state index contributed by atoms with van der Waals surface area (Å²) in [6.07, 6.45) is 2.13. The lowest BCUT2D eigenvalue weighted by atomic mass is 10.2. The molecule has 0 aromatic carbocycles. The molecule has 102 valence electrons. The average Bonchev–Trinajstić information content (AvgIpc) is 2.98. The van der Waals surface area contributed by atoms with E-state index < -0.39 is 0 Å². The number of thiophene rings is 1. The molecule has 0 unspecified atom stereocenters. The maximum Gasteiger partial charge on any atom is 0.248 e. The third-order valence-electron chi connectivity index (χ3n) is 2.56. The number of carbonyl (C=O) groups excluding carboxylic acids is 1. The van der Waals surface area contributed by atoms with Crippen molar-refractivity contribution in [3.63, 3.8) is 0 Å². The first-order chi connectivity index (χ1) is 9.17. The lowest BCUT2D eigenvalue weighted by Gasteiger charge is -2.00. The molecule has 3 N–H and O–H groups in total. The highest BCUT2D eigenvalue weighted by Gasteiger charge is 2.07. The van der Waals surface area contributed by atoms with Crippen LogP contribution in [0.2, 0.25) is 0 Å². The zero-order chi connectivity index (χ0) is 13.7. The van der Waals surface area contributed by atoms with Crippen LogP contribution in [-0.2, 0) is 17.8 Å². The van der Waals surface area contributed by atoms with Crippen molar-refractivity contribution in [2.75, 3.05) is 5.32 Å². The van der Waals surface area contributed by atoms with E-state index in [4.69, 9.17) is 5.11 Å². The summed E-state index contributed by atoms with van der Waals surface area (Å²) in [6.45, 7) is 1.85. The molecule has 0 aliphatic rings. The van der Waals surface area contributed by atoms with Crippen molar-refractivity contribution in [2.45, 2.75) is 32.8 Å². The normalized spacial score (nSPS) is 10.6. The number of hydrogen-bond acceptors (Lipinski definition) is 5. The first kappa shape index (κ1) is 13.7. The maximum atomic E-state index is 11.6. The fourth-order valence-electron chi connectivity index (χ4n) is 1.65. The van der Waals surface area contributed by atoms with Gasteiger partial charge in [-0.05, 0) is 31.9 Å². The largest absolute Gasteiger partial charge is 0.388 e. The van der Waals surface area contributed by atoms with Crippen molar-refractivity contribution >= 4 is 23.2 Å². The Morgan fingerprint density at radius 2 is 2.37 bits per heavy atom. The fraction of sp³-hybridized carbons (Fsp3) is 0.417. The molecule has 19 heavy (non-hydrogen) atoms. The highest BCUT2D eigenvalue weighted by molar-refractivity contribution is 7.11. The smallest absolute Gasteiger partial charge is 0.248 e. The van der Waals surface area contributed by atoms with Gasteiger partial charge >= 0.3 is 0 Å². The second-order valence-electron chi connectivity index (χ2n) is 4.18. The summed E-state index contributed by atoms with van der Waals surface area (Å²) < 4.78 is 0. The number of aryl methyl sites for hydroxylation is 2. The molecule has 0 bridgehead atoms. The van der Waals surface area contributed by atoms with Gasteiger partial charge in [0.25, 0.3) is 0 Å². The van der Waals surface area contributed by atoms with Crippen molar-refractivity contribution in [1.82, 2.24) is 15.2 Å². The maximum absolute atomic E-state index is 11.6. The standard InChI is InChI=1S/C12H16N4O2S/c1-8-5-6-9(19-8)3-2-4-11(18)14-12-13-10(7-17)15-16-12/h5-6,17H,2-4,7H2,1H3,(H2,13,14,15,16,18). The lowest BCUT2D eigenvalue weighted by molar-refractivity contribution is -0.116. The molecule has 0 atom stereocenters. The van der Waals surface area contributed by atoms with Crippen LogP contribution in [0.3, 0.4) is 0 Å². The number of aromatic nitrogens is 3. The second-order valence-corrected chi connectivity index (χ2v) is 5.55. The molecule has 0 radical (unpaired) electrons. The number of H-pyrrole nitrogens is 1. The van der Waals surface area contributed by atoms with E-state index in [0.717, 1.165) is 12.8 Å². The molecule has 0 aliphatic heterocycles. The molecule has 0 fully saturated rings. The molecule has 6 nitrogen and oxygen atoms in total. The quantitative estimate of drug-likeness (QED) is 0.750. The Morgan fingerprint density at radius 1 is 1.53 bits per heavy atom. The number of amides is 1. The molecule has 0 saturated carbocycles. The van der Waals surface area contributed by atoms with Gasteiger partial charge in [0, 0.05) is 16.2 Å². The minimum Gasteiger partial charge on any atom is -0.388 e. The molecule has 2 aromatic heterocycles. The zero-order valence-electron chi connectivity index (χ0n) is 10.6. The Kier molecular flexibility index (Phi) is 4.64. The van der Waals surface area contributed by atoms with Crippen LogP contribution in [0.25, 0.3) is 0 Å². The van der Waals surface area contributed by atoms with E-state index >= 15 is 0 Å². The molecule has 1 amide bonds. The first-order valence-corrected chi connectivity index (χ1v) is 6.86. The topological polar surface area (TPSA) is 90.9 Å². The predicted molar refractivity (Wildman–Crippen MR) is 72.9 cm³/mol. The van der Waals surface area contributed by atoms with Crippen molar-refractivity contribution in [1.29, 1.82) is 0 Å². The van der Waals surface area contributed by atoms with Gasteiger partial charge in [-0.25, -0.2) is 0 Å². The molecule has 2 heterocycles. The number of rotatable bonds is 6. The molecule has 2 aromatic rings. The predicted octanol–water partition coefficient (Wildman–Crippen LogP) is 1.63. The summed E-state index contributed by atoms with van der Waals surface area (Å²) in [6, 6.07) is 4.19. The Bertz CT molecular complexity index is 549. The number of carbonyl (C=O) groups is 1. The number of hydrogen-bond donors (Lipinski definition) is 3. The Labute approximate surface area is 114 Å². The monoisotopic (exact) mass is 280 g/mol. The van der Waals surface area contributed by atoms with Crippen LogP contribution in [0.4, 0.5) is 5.95 Å². The first-order valence-electron chi connectivity index (χ1n) is 6.04. The van der Waals surface area contributed by atoms with Crippen molar-refractivity contribution in [3.8, 4) is 0 Å². The Hall–Kier alpha value is -1.73. The van der Waals surface area contributed by atoms with Gasteiger partial charge < -0.3 is 5.11 Å². The summed E-state index contributed by atoms with van der Waals surface area (Å²) in [5.41, 5.74) is 0. The summed E-state index contributed by atoms with van der Waals surface area (Å²) >= 11 is 1.76. The summed E-state index contributed by atoms with van der Waals surface area (Å²) in [7, 11) is 0. The number of nitrogens with one attached hydrogen (secondary N) is 2. The minimum atomic E-state index is -0.222. The van der Waals surface area contributed by atoms with E-state index in [9.17, 15) is 4.79 Å². The van der Waals surface area contributed by atoms with Crippen LogP contribution in [0.5, 0.6) is 0 Å². The number of nitrogens with zero attached hydrogens (tertiary/aromatic N) is 2. The van der Waals surface area contributed by atoms with Gasteiger partial charge in [0.05, 0.1) is 0 Å². The van der Waals surface area contributed by atoms with Gasteiger partial charge in [-0.3, -0.25) is 15.2 Å². The van der Waals surface area contributed by atoms with Crippen molar-refractivity contribution in [3.05, 3.63) is 27.7 Å². The van der Waals surface area contributed by atoms with E-state index in [2.05, 4.69) is 39.6 Å². The van der Waals surface area contributed by atoms with Gasteiger partial charge in [0.15, 0.2) is 5.82 Å². The van der Waals surface area contributed by atoms with Crippen LogP contribution >= 0.6 is 11.3 Å². The van der Waals surface area contributed by atoms with Gasteiger partial charge in [0.1, 0.15) is 6.61 Å². The van der Waals surface area contributed by atoms with Crippen LogP contribution in [0.15, 0.2) is 12.1 Å². The number of aromatic amines is 1. The molecular formula is C12H16N4O2S. The number of aliphatic hydroxyl groups is 1. The third kappa shape index (κ3) is 4.15. The second kappa shape index (κ2) is 6.44. The van der Waals surface area contributed by atoms with Crippen LogP contribution in [-0.4, -0.2) is 26.2 Å². The van der Waals surface area contributed by atoms with Gasteiger partial charge in [0.2, 0.25) is 11.9 Å². The molecular weight excluding hydrogens is 264 g/mol. The van der Waals surface area contributed by atoms with E-state index in [1.165, 1.54) is 9.75 Å². The van der Waals surface area contributed by atoms with Gasteiger partial charge in [-0.1, -0.05) is 0 Å². The van der Waals surface area contributed by atoms with Gasteiger partial charge in [-0.2, -0.15) is 4.98 Å². The van der Waals surface area contributed by atoms with Crippen molar-refractivity contribution in [2.24, 2.45) is 0 Å². The van der Waals surface area contributed by atoms with Crippen LogP contribution in [0.1, 0.15) is 28.4 Å². The SMILES string of the molecule is Cc1ccc(CCCC(=O)Nc2n[nH]c(CO)n2)s1. The Balaban J connectivity index is 1.72. The molecule has 0 spiro atoms. The molecule has 2 rings (SSSR count). The fourth-order valence-corrected chi connectivity index (χ4v) is 2.58. The summed E-state index contributed by atoms with van der Waals surface area (Å²) in [5.74, 6) is 0.433. The molecule has 0 aliphatic carbocycles. The van der Waals surface area contributed by atoms with Crippen LogP contribution < -0.4 is 5.32 Å². The molecule has 0 saturated heterocycles. The van der Waals surface area contributed by atoms with E-state index in [0.29, 0.717) is 12.2 Å². The van der Waals surface area contributed by atoms with Crippen molar-refractivity contribution < 1.29 is 9.90 Å². The van der Waals surface area contributed by atoms with E-state index in [1.54, 1.807) is 11.3 Å². The Morgan fingerprint density at radius 3 is 3.00 bits per heavy atom. The van der Waals surface area contributed by atoms with Crippen LogP contribution in [0, 0.1) is 6.92 Å². The zero-order valence-corrected chi connectivity index (χ0v) is 11.5. The summed E-state index contributed by atoms with van der Waals surface area (Å²) in [4.78, 5) is 18.1. The highest BCUT2D eigenvalue weighted by atomic mass is 32.1. The molecule has 7 heteroatoms. The summed E-state index contributed by atoms with van der Waals surface area (Å²) in [5, 5.41) is 17.7.